The SMILES string of the molecule is CCNCC1(O)CCS(=O)(=O)CC1. The third-order valence-corrected chi connectivity index (χ3v) is 4.11. The van der Waals surface area contributed by atoms with Gasteiger partial charge in [-0.1, -0.05) is 6.92 Å². The molecule has 1 fully saturated rings. The Morgan fingerprint density at radius 3 is 2.38 bits per heavy atom. The van der Waals surface area contributed by atoms with Gasteiger partial charge in [-0.3, -0.25) is 0 Å². The van der Waals surface area contributed by atoms with Crippen molar-refractivity contribution in [3.8, 4) is 0 Å². The van der Waals surface area contributed by atoms with Crippen molar-refractivity contribution in [2.24, 2.45) is 0 Å². The van der Waals surface area contributed by atoms with Crippen molar-refractivity contribution in [2.75, 3.05) is 24.6 Å². The first-order chi connectivity index (χ1) is 5.97. The van der Waals surface area contributed by atoms with E-state index < -0.39 is 15.4 Å². The molecular weight excluding hydrogens is 190 g/mol. The lowest BCUT2D eigenvalue weighted by Gasteiger charge is -2.31. The summed E-state index contributed by atoms with van der Waals surface area (Å²) >= 11 is 0. The van der Waals surface area contributed by atoms with Crippen molar-refractivity contribution in [1.82, 2.24) is 5.32 Å². The summed E-state index contributed by atoms with van der Waals surface area (Å²) in [6.07, 6.45) is 0.727. The Labute approximate surface area is 79.3 Å². The molecule has 0 aromatic heterocycles. The summed E-state index contributed by atoms with van der Waals surface area (Å²) in [5.41, 5.74) is -0.804. The third kappa shape index (κ3) is 3.25. The van der Waals surface area contributed by atoms with E-state index >= 15 is 0 Å². The van der Waals surface area contributed by atoms with Crippen LogP contribution in [0.4, 0.5) is 0 Å². The highest BCUT2D eigenvalue weighted by Gasteiger charge is 2.34. The number of nitrogens with one attached hydrogen (secondary N) is 1. The van der Waals surface area contributed by atoms with Crippen LogP contribution in [0.15, 0.2) is 0 Å². The lowest BCUT2D eigenvalue weighted by molar-refractivity contribution is 0.0312. The molecule has 0 aliphatic carbocycles. The molecule has 4 nitrogen and oxygen atoms in total. The van der Waals surface area contributed by atoms with E-state index in [1.807, 2.05) is 6.92 Å². The molecule has 0 bridgehead atoms. The second-order valence-corrected chi connectivity index (χ2v) is 5.96. The van der Waals surface area contributed by atoms with E-state index in [9.17, 15) is 13.5 Å². The molecule has 1 saturated heterocycles. The van der Waals surface area contributed by atoms with Gasteiger partial charge in [0.25, 0.3) is 0 Å². The minimum Gasteiger partial charge on any atom is -0.388 e. The van der Waals surface area contributed by atoms with Crippen molar-refractivity contribution in [3.63, 3.8) is 0 Å². The first-order valence-corrected chi connectivity index (χ1v) is 6.43. The average molecular weight is 207 g/mol. The summed E-state index contributed by atoms with van der Waals surface area (Å²) in [6, 6.07) is 0. The van der Waals surface area contributed by atoms with Gasteiger partial charge in [-0.2, -0.15) is 0 Å². The zero-order valence-electron chi connectivity index (χ0n) is 7.91. The first kappa shape index (κ1) is 10.9. The fourth-order valence-corrected chi connectivity index (χ4v) is 3.04. The highest BCUT2D eigenvalue weighted by molar-refractivity contribution is 7.91. The molecule has 1 heterocycles. The van der Waals surface area contributed by atoms with E-state index in [1.54, 1.807) is 0 Å². The molecule has 1 aliphatic heterocycles. The summed E-state index contributed by atoms with van der Waals surface area (Å²) in [6.45, 7) is 3.26. The van der Waals surface area contributed by atoms with Crippen molar-refractivity contribution < 1.29 is 13.5 Å². The summed E-state index contributed by atoms with van der Waals surface area (Å²) in [4.78, 5) is 0. The zero-order valence-corrected chi connectivity index (χ0v) is 8.73. The molecule has 0 aromatic rings. The molecule has 0 atom stereocenters. The maximum atomic E-state index is 11.1. The van der Waals surface area contributed by atoms with Crippen molar-refractivity contribution in [3.05, 3.63) is 0 Å². The van der Waals surface area contributed by atoms with Gasteiger partial charge in [0.15, 0.2) is 9.84 Å². The lowest BCUT2D eigenvalue weighted by atomic mass is 9.97. The van der Waals surface area contributed by atoms with Crippen LogP contribution in [0.3, 0.4) is 0 Å². The van der Waals surface area contributed by atoms with Crippen LogP contribution in [-0.2, 0) is 9.84 Å². The largest absolute Gasteiger partial charge is 0.388 e. The maximum Gasteiger partial charge on any atom is 0.150 e. The molecule has 0 spiro atoms. The van der Waals surface area contributed by atoms with Gasteiger partial charge in [-0.25, -0.2) is 8.42 Å². The zero-order chi connectivity index (χ0) is 9.95. The van der Waals surface area contributed by atoms with Crippen LogP contribution >= 0.6 is 0 Å². The molecule has 0 unspecified atom stereocenters. The van der Waals surface area contributed by atoms with Crippen LogP contribution in [0.1, 0.15) is 19.8 Å². The normalized spacial score (nSPS) is 25.7. The molecule has 2 N–H and O–H groups in total. The van der Waals surface area contributed by atoms with Crippen LogP contribution < -0.4 is 5.32 Å². The van der Waals surface area contributed by atoms with Gasteiger partial charge < -0.3 is 10.4 Å². The highest BCUT2D eigenvalue weighted by Crippen LogP contribution is 2.22. The van der Waals surface area contributed by atoms with Crippen molar-refractivity contribution in [2.45, 2.75) is 25.4 Å². The minimum atomic E-state index is -2.87. The fourth-order valence-electron chi connectivity index (χ4n) is 1.45. The Hall–Kier alpha value is -0.130. The van der Waals surface area contributed by atoms with Gasteiger partial charge in [0, 0.05) is 6.54 Å². The predicted octanol–water partition coefficient (Wildman–Crippen LogP) is -0.464. The number of hydrogen-bond acceptors (Lipinski definition) is 4. The fraction of sp³-hybridized carbons (Fsp3) is 1.00. The van der Waals surface area contributed by atoms with Gasteiger partial charge in [0.1, 0.15) is 0 Å². The van der Waals surface area contributed by atoms with E-state index in [0.29, 0.717) is 19.4 Å². The van der Waals surface area contributed by atoms with Gasteiger partial charge in [-0.15, -0.1) is 0 Å². The molecule has 0 aromatic carbocycles. The van der Waals surface area contributed by atoms with E-state index in [-0.39, 0.29) is 11.5 Å². The molecule has 0 radical (unpaired) electrons. The van der Waals surface area contributed by atoms with Gasteiger partial charge in [0.05, 0.1) is 17.1 Å². The number of sulfone groups is 1. The van der Waals surface area contributed by atoms with Crippen LogP contribution in [0.25, 0.3) is 0 Å². The van der Waals surface area contributed by atoms with Gasteiger partial charge in [0.2, 0.25) is 0 Å². The molecule has 0 amide bonds. The predicted molar refractivity (Wildman–Crippen MR) is 51.4 cm³/mol. The quantitative estimate of drug-likeness (QED) is 0.657. The number of aliphatic hydroxyl groups is 1. The summed E-state index contributed by atoms with van der Waals surface area (Å²) in [5, 5.41) is 12.9. The van der Waals surface area contributed by atoms with Crippen LogP contribution in [-0.4, -0.2) is 43.7 Å². The van der Waals surface area contributed by atoms with Crippen molar-refractivity contribution >= 4 is 9.84 Å². The van der Waals surface area contributed by atoms with Crippen LogP contribution in [0.5, 0.6) is 0 Å². The molecule has 78 valence electrons. The van der Waals surface area contributed by atoms with Crippen LogP contribution in [0, 0.1) is 0 Å². The van der Waals surface area contributed by atoms with Crippen LogP contribution in [0.2, 0.25) is 0 Å². The molecule has 1 rings (SSSR count). The highest BCUT2D eigenvalue weighted by atomic mass is 32.2. The standard InChI is InChI=1S/C8H17NO3S/c1-2-9-7-8(10)3-5-13(11,12)6-4-8/h9-10H,2-7H2,1H3. The second kappa shape index (κ2) is 3.94. The number of hydrogen-bond donors (Lipinski definition) is 2. The Kier molecular flexibility index (Phi) is 3.32. The third-order valence-electron chi connectivity index (χ3n) is 2.46. The molecule has 5 heteroatoms. The minimum absolute atomic E-state index is 0.120. The lowest BCUT2D eigenvalue weighted by Crippen LogP contribution is -2.46. The molecule has 13 heavy (non-hydrogen) atoms. The topological polar surface area (TPSA) is 66.4 Å². The first-order valence-electron chi connectivity index (χ1n) is 4.61. The molecule has 1 aliphatic rings. The summed E-state index contributed by atoms with van der Waals surface area (Å²) < 4.78 is 22.2. The van der Waals surface area contributed by atoms with Gasteiger partial charge in [-0.05, 0) is 19.4 Å². The summed E-state index contributed by atoms with van der Waals surface area (Å²) in [7, 11) is -2.87. The Bertz CT molecular complexity index is 247. The Morgan fingerprint density at radius 2 is 1.92 bits per heavy atom. The number of rotatable bonds is 3. The molecular formula is C8H17NO3S. The van der Waals surface area contributed by atoms with E-state index in [1.165, 1.54) is 0 Å². The Balaban J connectivity index is 2.46. The van der Waals surface area contributed by atoms with Crippen molar-refractivity contribution in [1.29, 1.82) is 0 Å². The maximum absolute atomic E-state index is 11.1. The van der Waals surface area contributed by atoms with Gasteiger partial charge >= 0.3 is 0 Å². The smallest absolute Gasteiger partial charge is 0.150 e. The number of likely N-dealkylation sites (N-methyl/N-ethyl adjacent to an activating group) is 1. The summed E-state index contributed by atoms with van der Waals surface area (Å²) in [5.74, 6) is 0.240. The second-order valence-electron chi connectivity index (χ2n) is 3.66. The van der Waals surface area contributed by atoms with E-state index in [4.69, 9.17) is 0 Å². The van der Waals surface area contributed by atoms with E-state index in [2.05, 4.69) is 5.32 Å². The Morgan fingerprint density at radius 1 is 1.38 bits per heavy atom. The van der Waals surface area contributed by atoms with E-state index in [0.717, 1.165) is 6.54 Å². The monoisotopic (exact) mass is 207 g/mol. The molecule has 0 saturated carbocycles. The average Bonchev–Trinajstić information content (AvgIpc) is 2.08.